The van der Waals surface area contributed by atoms with Crippen LogP contribution >= 0.6 is 0 Å². The van der Waals surface area contributed by atoms with E-state index in [-0.39, 0.29) is 17.7 Å². The van der Waals surface area contributed by atoms with Crippen LogP contribution in [0.1, 0.15) is 30.9 Å². The highest BCUT2D eigenvalue weighted by molar-refractivity contribution is 5.96. The molecule has 2 aliphatic rings. The third kappa shape index (κ3) is 5.07. The zero-order chi connectivity index (χ0) is 21.8. The van der Waals surface area contributed by atoms with Crippen molar-refractivity contribution in [1.82, 2.24) is 4.90 Å². The number of para-hydroxylation sites is 1. The number of benzene rings is 2. The monoisotopic (exact) mass is 420 g/mol. The Labute approximate surface area is 184 Å². The molecule has 2 heterocycles. The number of hydrogen-bond acceptors (Lipinski definition) is 4. The Kier molecular flexibility index (Phi) is 6.56. The van der Waals surface area contributed by atoms with Gasteiger partial charge in [0.1, 0.15) is 0 Å². The number of hydrogen-bond donors (Lipinski definition) is 2. The molecule has 2 amide bonds. The molecule has 31 heavy (non-hydrogen) atoms. The minimum absolute atomic E-state index is 0.00945. The summed E-state index contributed by atoms with van der Waals surface area (Å²) in [6.45, 7) is 9.59. The fraction of sp³-hybridized carbons (Fsp3) is 0.440. The van der Waals surface area contributed by atoms with Crippen LogP contribution in [0.2, 0.25) is 0 Å². The van der Waals surface area contributed by atoms with Crippen LogP contribution in [0.25, 0.3) is 0 Å². The van der Waals surface area contributed by atoms with Crippen molar-refractivity contribution >= 4 is 28.9 Å². The van der Waals surface area contributed by atoms with E-state index in [9.17, 15) is 9.59 Å². The number of aryl methyl sites for hydroxylation is 1. The van der Waals surface area contributed by atoms with Gasteiger partial charge in [-0.15, -0.1) is 0 Å². The molecule has 164 valence electrons. The van der Waals surface area contributed by atoms with E-state index in [1.807, 2.05) is 37.3 Å². The van der Waals surface area contributed by atoms with E-state index >= 15 is 0 Å². The van der Waals surface area contributed by atoms with Gasteiger partial charge in [-0.3, -0.25) is 9.59 Å². The van der Waals surface area contributed by atoms with Crippen LogP contribution < -0.4 is 15.5 Å². The lowest BCUT2D eigenvalue weighted by atomic mass is 9.89. The third-order valence-corrected chi connectivity index (χ3v) is 6.50. The molecule has 1 atom stereocenters. The summed E-state index contributed by atoms with van der Waals surface area (Å²) in [6.07, 6.45) is 1.57. The number of nitrogens with one attached hydrogen (secondary N) is 2. The SMILES string of the molecule is CCN1CCN(c2ccc(NC(=O)CCC3Cc4ccccc4NC3=O)c(C)c2)CC1. The van der Waals surface area contributed by atoms with Gasteiger partial charge in [0.15, 0.2) is 0 Å². The van der Waals surface area contributed by atoms with Gasteiger partial charge in [-0.25, -0.2) is 0 Å². The van der Waals surface area contributed by atoms with Gasteiger partial charge in [0.2, 0.25) is 11.8 Å². The second-order valence-corrected chi connectivity index (χ2v) is 8.55. The summed E-state index contributed by atoms with van der Waals surface area (Å²) >= 11 is 0. The molecule has 0 saturated carbocycles. The molecular weight excluding hydrogens is 388 g/mol. The topological polar surface area (TPSA) is 64.7 Å². The minimum atomic E-state index is -0.161. The van der Waals surface area contributed by atoms with Crippen LogP contribution in [0.4, 0.5) is 17.1 Å². The summed E-state index contributed by atoms with van der Waals surface area (Å²) in [4.78, 5) is 29.8. The number of fused-ring (bicyclic) bond motifs is 1. The number of amides is 2. The molecule has 6 heteroatoms. The number of anilines is 3. The number of likely N-dealkylation sites (N-methyl/N-ethyl adjacent to an activating group) is 1. The summed E-state index contributed by atoms with van der Waals surface area (Å²) in [7, 11) is 0. The maximum atomic E-state index is 12.6. The van der Waals surface area contributed by atoms with E-state index in [4.69, 9.17) is 0 Å². The molecule has 0 aromatic heterocycles. The van der Waals surface area contributed by atoms with Gasteiger partial charge in [-0.1, -0.05) is 25.1 Å². The highest BCUT2D eigenvalue weighted by Crippen LogP contribution is 2.28. The van der Waals surface area contributed by atoms with Crippen molar-refractivity contribution in [3.8, 4) is 0 Å². The van der Waals surface area contributed by atoms with Crippen molar-refractivity contribution in [1.29, 1.82) is 0 Å². The first-order chi connectivity index (χ1) is 15.0. The molecule has 2 aliphatic heterocycles. The summed E-state index contributed by atoms with van der Waals surface area (Å²) in [5, 5.41) is 5.99. The lowest BCUT2D eigenvalue weighted by Gasteiger charge is -2.35. The predicted molar refractivity (Wildman–Crippen MR) is 126 cm³/mol. The molecule has 0 aliphatic carbocycles. The Balaban J connectivity index is 1.30. The molecule has 4 rings (SSSR count). The summed E-state index contributed by atoms with van der Waals surface area (Å²) in [6, 6.07) is 14.1. The average Bonchev–Trinajstić information content (AvgIpc) is 2.79. The number of nitrogens with zero attached hydrogens (tertiary/aromatic N) is 2. The van der Waals surface area contributed by atoms with Gasteiger partial charge in [0, 0.05) is 55.6 Å². The standard InChI is InChI=1S/C25H32N4O2/c1-3-28-12-14-29(15-13-28)21-9-10-22(18(2)16-21)26-24(30)11-8-20-17-19-6-4-5-7-23(19)27-25(20)31/h4-7,9-10,16,20H,3,8,11-15,17H2,1-2H3,(H,26,30)(H,27,31). The second kappa shape index (κ2) is 9.52. The lowest BCUT2D eigenvalue weighted by molar-refractivity contribution is -0.121. The smallest absolute Gasteiger partial charge is 0.227 e. The highest BCUT2D eigenvalue weighted by Gasteiger charge is 2.26. The van der Waals surface area contributed by atoms with E-state index < -0.39 is 0 Å². The molecule has 2 N–H and O–H groups in total. The normalized spacial score (nSPS) is 19.0. The van der Waals surface area contributed by atoms with E-state index in [0.717, 1.165) is 55.2 Å². The minimum Gasteiger partial charge on any atom is -0.369 e. The fourth-order valence-corrected chi connectivity index (χ4v) is 4.47. The molecule has 2 aromatic carbocycles. The van der Waals surface area contributed by atoms with E-state index in [1.165, 1.54) is 5.69 Å². The summed E-state index contributed by atoms with van der Waals surface area (Å²) in [5.41, 5.74) is 5.15. The number of rotatable bonds is 6. The van der Waals surface area contributed by atoms with Crippen LogP contribution in [-0.4, -0.2) is 49.4 Å². The molecule has 1 unspecified atom stereocenters. The van der Waals surface area contributed by atoms with Crippen molar-refractivity contribution < 1.29 is 9.59 Å². The van der Waals surface area contributed by atoms with Crippen molar-refractivity contribution in [2.45, 2.75) is 33.1 Å². The van der Waals surface area contributed by atoms with Crippen LogP contribution in [0.15, 0.2) is 42.5 Å². The quantitative estimate of drug-likeness (QED) is 0.749. The molecule has 0 radical (unpaired) electrons. The van der Waals surface area contributed by atoms with Crippen molar-refractivity contribution in [2.75, 3.05) is 48.3 Å². The Morgan fingerprint density at radius 1 is 1.13 bits per heavy atom. The van der Waals surface area contributed by atoms with E-state index in [2.05, 4.69) is 39.5 Å². The van der Waals surface area contributed by atoms with Gasteiger partial charge in [-0.05, 0) is 61.7 Å². The van der Waals surface area contributed by atoms with Crippen LogP contribution in [-0.2, 0) is 16.0 Å². The fourth-order valence-electron chi connectivity index (χ4n) is 4.47. The van der Waals surface area contributed by atoms with E-state index in [0.29, 0.717) is 19.3 Å². The maximum absolute atomic E-state index is 12.6. The first-order valence-electron chi connectivity index (χ1n) is 11.3. The largest absolute Gasteiger partial charge is 0.369 e. The number of piperazine rings is 1. The van der Waals surface area contributed by atoms with Gasteiger partial charge < -0.3 is 20.4 Å². The van der Waals surface area contributed by atoms with Crippen LogP contribution in [0, 0.1) is 12.8 Å². The molecule has 0 bridgehead atoms. The lowest BCUT2D eigenvalue weighted by Crippen LogP contribution is -2.46. The Morgan fingerprint density at radius 3 is 2.65 bits per heavy atom. The van der Waals surface area contributed by atoms with Crippen molar-refractivity contribution in [3.05, 3.63) is 53.6 Å². The summed E-state index contributed by atoms with van der Waals surface area (Å²) < 4.78 is 0. The van der Waals surface area contributed by atoms with E-state index in [1.54, 1.807) is 0 Å². The average molecular weight is 421 g/mol. The predicted octanol–water partition coefficient (Wildman–Crippen LogP) is 3.67. The molecule has 6 nitrogen and oxygen atoms in total. The molecule has 2 aromatic rings. The zero-order valence-electron chi connectivity index (χ0n) is 18.5. The van der Waals surface area contributed by atoms with Gasteiger partial charge >= 0.3 is 0 Å². The molecule has 1 fully saturated rings. The Morgan fingerprint density at radius 2 is 1.90 bits per heavy atom. The van der Waals surface area contributed by atoms with Gasteiger partial charge in [-0.2, -0.15) is 0 Å². The van der Waals surface area contributed by atoms with Crippen molar-refractivity contribution in [3.63, 3.8) is 0 Å². The Hall–Kier alpha value is -2.86. The first kappa shape index (κ1) is 21.4. The third-order valence-electron chi connectivity index (χ3n) is 6.50. The molecule has 1 saturated heterocycles. The maximum Gasteiger partial charge on any atom is 0.227 e. The number of carbonyl (C=O) groups is 2. The zero-order valence-corrected chi connectivity index (χ0v) is 18.5. The molecule has 0 spiro atoms. The molecular formula is C25H32N4O2. The highest BCUT2D eigenvalue weighted by atomic mass is 16.2. The number of carbonyl (C=O) groups excluding carboxylic acids is 2. The Bertz CT molecular complexity index is 950. The summed E-state index contributed by atoms with van der Waals surface area (Å²) in [5.74, 6) is -0.194. The first-order valence-corrected chi connectivity index (χ1v) is 11.3. The van der Waals surface area contributed by atoms with Crippen molar-refractivity contribution in [2.24, 2.45) is 5.92 Å². The second-order valence-electron chi connectivity index (χ2n) is 8.55. The van der Waals surface area contributed by atoms with Gasteiger partial charge in [0.05, 0.1) is 0 Å². The van der Waals surface area contributed by atoms with Gasteiger partial charge in [0.25, 0.3) is 0 Å². The van der Waals surface area contributed by atoms with Crippen LogP contribution in [0.3, 0.4) is 0 Å². The van der Waals surface area contributed by atoms with Crippen LogP contribution in [0.5, 0.6) is 0 Å².